The second kappa shape index (κ2) is 6.95. The van der Waals surface area contributed by atoms with Crippen molar-refractivity contribution >= 4 is 5.97 Å². The first-order valence-corrected chi connectivity index (χ1v) is 8.41. The summed E-state index contributed by atoms with van der Waals surface area (Å²) in [6, 6.07) is 0. The number of carbonyl (C=O) groups excluding carboxylic acids is 1. The lowest BCUT2D eigenvalue weighted by molar-refractivity contribution is -0.172. The molecule has 1 aliphatic rings. The third kappa shape index (κ3) is 4.79. The van der Waals surface area contributed by atoms with Crippen molar-refractivity contribution in [2.75, 3.05) is 0 Å². The zero-order valence-electron chi connectivity index (χ0n) is 14.4. The first kappa shape index (κ1) is 17.5. The van der Waals surface area contributed by atoms with E-state index in [1.807, 2.05) is 0 Å². The molecule has 0 aliphatic heterocycles. The van der Waals surface area contributed by atoms with Crippen molar-refractivity contribution in [3.63, 3.8) is 0 Å². The molecular formula is C18H34O2. The van der Waals surface area contributed by atoms with Crippen LogP contribution in [0.15, 0.2) is 0 Å². The van der Waals surface area contributed by atoms with Crippen molar-refractivity contribution in [2.45, 2.75) is 92.1 Å². The summed E-state index contributed by atoms with van der Waals surface area (Å²) >= 11 is 0. The summed E-state index contributed by atoms with van der Waals surface area (Å²) < 4.78 is 5.98. The Bertz CT molecular complexity index is 306. The number of hydrogen-bond acceptors (Lipinski definition) is 2. The van der Waals surface area contributed by atoms with E-state index in [4.69, 9.17) is 4.74 Å². The summed E-state index contributed by atoms with van der Waals surface area (Å²) in [7, 11) is 0. The minimum atomic E-state index is -0.311. The van der Waals surface area contributed by atoms with Crippen LogP contribution >= 0.6 is 0 Å². The Morgan fingerprint density at radius 1 is 1.10 bits per heavy atom. The van der Waals surface area contributed by atoms with E-state index in [0.29, 0.717) is 5.92 Å². The largest absolute Gasteiger partial charge is 0.459 e. The molecule has 0 spiro atoms. The molecule has 0 aromatic carbocycles. The lowest BCUT2D eigenvalue weighted by atomic mass is 9.76. The molecular weight excluding hydrogens is 248 g/mol. The molecule has 1 rings (SSSR count). The van der Waals surface area contributed by atoms with Gasteiger partial charge in [0.15, 0.2) is 0 Å². The lowest BCUT2D eigenvalue weighted by Crippen LogP contribution is -2.41. The fourth-order valence-corrected chi connectivity index (χ4v) is 3.40. The van der Waals surface area contributed by atoms with Gasteiger partial charge in [0.2, 0.25) is 0 Å². The minimum Gasteiger partial charge on any atom is -0.459 e. The molecule has 118 valence electrons. The van der Waals surface area contributed by atoms with Crippen molar-refractivity contribution in [2.24, 2.45) is 17.3 Å². The van der Waals surface area contributed by atoms with E-state index >= 15 is 0 Å². The second-order valence-electron chi connectivity index (χ2n) is 8.07. The summed E-state index contributed by atoms with van der Waals surface area (Å²) in [5.41, 5.74) is -0.329. The van der Waals surface area contributed by atoms with E-state index in [0.717, 1.165) is 12.8 Å². The Morgan fingerprint density at radius 2 is 1.65 bits per heavy atom. The van der Waals surface area contributed by atoms with Gasteiger partial charge in [0, 0.05) is 0 Å². The number of ether oxygens (including phenoxy) is 1. The highest BCUT2D eigenvalue weighted by Gasteiger charge is 2.38. The standard InChI is InChI=1S/C18H34O2/c1-7-11-15(17(2,3)4)16(19)20-18(5,6)14-12-9-8-10-13-14/h14-15H,7-13H2,1-6H3. The van der Waals surface area contributed by atoms with Gasteiger partial charge in [-0.1, -0.05) is 53.4 Å². The smallest absolute Gasteiger partial charge is 0.310 e. The first-order chi connectivity index (χ1) is 9.18. The molecule has 0 heterocycles. The Labute approximate surface area is 125 Å². The summed E-state index contributed by atoms with van der Waals surface area (Å²) in [5.74, 6) is 0.549. The van der Waals surface area contributed by atoms with Crippen LogP contribution in [0.5, 0.6) is 0 Å². The monoisotopic (exact) mass is 282 g/mol. The third-order valence-electron chi connectivity index (χ3n) is 4.86. The SMILES string of the molecule is CCCC(C(=O)OC(C)(C)C1CCCCC1)C(C)(C)C. The van der Waals surface area contributed by atoms with E-state index in [1.54, 1.807) is 0 Å². The maximum Gasteiger partial charge on any atom is 0.310 e. The van der Waals surface area contributed by atoms with Crippen LogP contribution in [-0.4, -0.2) is 11.6 Å². The molecule has 1 saturated carbocycles. The molecule has 2 heteroatoms. The van der Waals surface area contributed by atoms with Gasteiger partial charge in [0.05, 0.1) is 5.92 Å². The molecule has 1 unspecified atom stereocenters. The van der Waals surface area contributed by atoms with Gasteiger partial charge in [-0.05, 0) is 44.4 Å². The highest BCUT2D eigenvalue weighted by molar-refractivity contribution is 5.73. The normalized spacial score (nSPS) is 19.7. The van der Waals surface area contributed by atoms with Crippen LogP contribution in [0.3, 0.4) is 0 Å². The average Bonchev–Trinajstić information content (AvgIpc) is 2.35. The molecule has 0 saturated heterocycles. The van der Waals surface area contributed by atoms with Gasteiger partial charge in [0.25, 0.3) is 0 Å². The van der Waals surface area contributed by atoms with Crippen molar-refractivity contribution in [1.29, 1.82) is 0 Å². The Hall–Kier alpha value is -0.530. The molecule has 0 bridgehead atoms. The van der Waals surface area contributed by atoms with Crippen LogP contribution < -0.4 is 0 Å². The highest BCUT2D eigenvalue weighted by atomic mass is 16.6. The average molecular weight is 282 g/mol. The first-order valence-electron chi connectivity index (χ1n) is 8.41. The van der Waals surface area contributed by atoms with Crippen LogP contribution in [0, 0.1) is 17.3 Å². The van der Waals surface area contributed by atoms with Gasteiger partial charge < -0.3 is 4.74 Å². The van der Waals surface area contributed by atoms with E-state index in [-0.39, 0.29) is 22.9 Å². The van der Waals surface area contributed by atoms with Crippen LogP contribution in [0.25, 0.3) is 0 Å². The highest BCUT2D eigenvalue weighted by Crippen LogP contribution is 2.37. The summed E-state index contributed by atoms with van der Waals surface area (Å²) in [4.78, 5) is 12.6. The second-order valence-corrected chi connectivity index (χ2v) is 8.07. The van der Waals surface area contributed by atoms with Crippen LogP contribution in [0.4, 0.5) is 0 Å². The molecule has 1 atom stereocenters. The van der Waals surface area contributed by atoms with Gasteiger partial charge in [0.1, 0.15) is 5.60 Å². The molecule has 0 aromatic heterocycles. The van der Waals surface area contributed by atoms with Crippen LogP contribution in [-0.2, 0) is 9.53 Å². The third-order valence-corrected chi connectivity index (χ3v) is 4.86. The van der Waals surface area contributed by atoms with Crippen molar-refractivity contribution < 1.29 is 9.53 Å². The van der Waals surface area contributed by atoms with Gasteiger partial charge in [-0.25, -0.2) is 0 Å². The Balaban J connectivity index is 2.70. The Kier molecular flexibility index (Phi) is 6.09. The maximum atomic E-state index is 12.6. The van der Waals surface area contributed by atoms with Crippen LogP contribution in [0.2, 0.25) is 0 Å². The minimum absolute atomic E-state index is 0.00919. The predicted octanol–water partition coefficient (Wildman–Crippen LogP) is 5.35. The predicted molar refractivity (Wildman–Crippen MR) is 84.6 cm³/mol. The van der Waals surface area contributed by atoms with Crippen molar-refractivity contribution in [1.82, 2.24) is 0 Å². The van der Waals surface area contributed by atoms with E-state index in [9.17, 15) is 4.79 Å². The number of hydrogen-bond donors (Lipinski definition) is 0. The quantitative estimate of drug-likeness (QED) is 0.635. The van der Waals surface area contributed by atoms with Crippen LogP contribution in [0.1, 0.15) is 86.5 Å². The van der Waals surface area contributed by atoms with Gasteiger partial charge in [-0.3, -0.25) is 4.79 Å². The summed E-state index contributed by atoms with van der Waals surface area (Å²) in [6.45, 7) is 12.8. The molecule has 1 aliphatic carbocycles. The molecule has 0 radical (unpaired) electrons. The number of rotatable bonds is 5. The molecule has 0 amide bonds. The van der Waals surface area contributed by atoms with Gasteiger partial charge >= 0.3 is 5.97 Å². The summed E-state index contributed by atoms with van der Waals surface area (Å²) in [5, 5.41) is 0. The van der Waals surface area contributed by atoms with Gasteiger partial charge in [-0.15, -0.1) is 0 Å². The topological polar surface area (TPSA) is 26.3 Å². The van der Waals surface area contributed by atoms with E-state index in [1.165, 1.54) is 32.1 Å². The molecule has 2 nitrogen and oxygen atoms in total. The number of esters is 1. The molecule has 0 aromatic rings. The van der Waals surface area contributed by atoms with Gasteiger partial charge in [-0.2, -0.15) is 0 Å². The van der Waals surface area contributed by atoms with E-state index < -0.39 is 0 Å². The molecule has 20 heavy (non-hydrogen) atoms. The van der Waals surface area contributed by atoms with Crippen molar-refractivity contribution in [3.8, 4) is 0 Å². The lowest BCUT2D eigenvalue weighted by Gasteiger charge is -2.39. The number of carbonyl (C=O) groups is 1. The zero-order chi connectivity index (χ0) is 15.4. The molecule has 1 fully saturated rings. The maximum absolute atomic E-state index is 12.6. The summed E-state index contributed by atoms with van der Waals surface area (Å²) in [6.07, 6.45) is 8.25. The molecule has 0 N–H and O–H groups in total. The van der Waals surface area contributed by atoms with E-state index in [2.05, 4.69) is 41.5 Å². The fraction of sp³-hybridized carbons (Fsp3) is 0.944. The zero-order valence-corrected chi connectivity index (χ0v) is 14.4. The van der Waals surface area contributed by atoms with Crippen molar-refractivity contribution in [3.05, 3.63) is 0 Å². The fourth-order valence-electron chi connectivity index (χ4n) is 3.40. The Morgan fingerprint density at radius 3 is 2.10 bits per heavy atom.